The zero-order chi connectivity index (χ0) is 24.3. The van der Waals surface area contributed by atoms with Gasteiger partial charge in [0.1, 0.15) is 5.78 Å². The van der Waals surface area contributed by atoms with Crippen molar-refractivity contribution in [2.45, 2.75) is 51.5 Å². The Labute approximate surface area is 199 Å². The van der Waals surface area contributed by atoms with Gasteiger partial charge < -0.3 is 15.5 Å². The predicted molar refractivity (Wildman–Crippen MR) is 129 cm³/mol. The number of carbonyl (C=O) groups excluding carboxylic acids is 2. The van der Waals surface area contributed by atoms with Gasteiger partial charge in [-0.1, -0.05) is 30.3 Å². The molecule has 1 aliphatic carbocycles. The second kappa shape index (κ2) is 9.82. The number of benzene rings is 2. The highest BCUT2D eigenvalue weighted by Gasteiger charge is 2.51. The van der Waals surface area contributed by atoms with Crippen molar-refractivity contribution in [3.63, 3.8) is 0 Å². The van der Waals surface area contributed by atoms with Crippen LogP contribution < -0.4 is 10.6 Å². The van der Waals surface area contributed by atoms with Gasteiger partial charge in [-0.3, -0.25) is 9.59 Å². The molecule has 34 heavy (non-hydrogen) atoms. The Morgan fingerprint density at radius 3 is 2.32 bits per heavy atom. The van der Waals surface area contributed by atoms with Gasteiger partial charge in [-0.25, -0.2) is 8.78 Å². The average Bonchev–Trinajstić information content (AvgIpc) is 3.59. The molecular weight excluding hydrogens is 436 g/mol. The van der Waals surface area contributed by atoms with Crippen molar-refractivity contribution >= 4 is 23.1 Å². The Kier molecular flexibility index (Phi) is 7.03. The van der Waals surface area contributed by atoms with Gasteiger partial charge in [0.25, 0.3) is 5.92 Å². The van der Waals surface area contributed by atoms with E-state index in [1.54, 1.807) is 18.2 Å². The molecule has 0 spiro atoms. The fraction of sp³-hybridized carbons (Fsp3) is 0.481. The smallest absolute Gasteiger partial charge is 0.272 e. The highest BCUT2D eigenvalue weighted by molar-refractivity contribution is 5.92. The highest BCUT2D eigenvalue weighted by atomic mass is 19.3. The van der Waals surface area contributed by atoms with Crippen molar-refractivity contribution in [1.29, 1.82) is 0 Å². The number of alkyl halides is 2. The Hall–Kier alpha value is -2.80. The van der Waals surface area contributed by atoms with Crippen LogP contribution in [0.2, 0.25) is 0 Å². The molecule has 1 saturated heterocycles. The molecule has 0 unspecified atom stereocenters. The predicted octanol–water partition coefficient (Wildman–Crippen LogP) is 5.24. The summed E-state index contributed by atoms with van der Waals surface area (Å²) in [6.07, 6.45) is 3.64. The lowest BCUT2D eigenvalue weighted by molar-refractivity contribution is -0.133. The number of piperidine rings is 1. The summed E-state index contributed by atoms with van der Waals surface area (Å²) in [6, 6.07) is 13.7. The van der Waals surface area contributed by atoms with Gasteiger partial charge in [-0.05, 0) is 69.6 Å². The molecular formula is C27H33F2N3O2. The van der Waals surface area contributed by atoms with Crippen LogP contribution in [0.15, 0.2) is 48.5 Å². The third-order valence-corrected chi connectivity index (χ3v) is 7.11. The molecule has 1 aliphatic heterocycles. The van der Waals surface area contributed by atoms with Gasteiger partial charge in [0.15, 0.2) is 0 Å². The van der Waals surface area contributed by atoms with Crippen molar-refractivity contribution < 1.29 is 18.4 Å². The molecule has 182 valence electrons. The normalized spacial score (nSPS) is 18.4. The Morgan fingerprint density at radius 1 is 1.06 bits per heavy atom. The van der Waals surface area contributed by atoms with Crippen LogP contribution in [0.3, 0.4) is 0 Å². The van der Waals surface area contributed by atoms with E-state index in [0.29, 0.717) is 24.3 Å². The standard InChI is InChI=1S/C27H33F2N3O2/c1-26(28,29)22-5-3-4-6-23(22)31-21-9-7-19(8-10-21)18-30-25(34)27(13-14-27)17-24(33)20-11-15-32(2)16-12-20/h3-10,20,31H,11-18H2,1-2H3,(H,30,34). The van der Waals surface area contributed by atoms with Crippen molar-refractivity contribution in [3.05, 3.63) is 59.7 Å². The van der Waals surface area contributed by atoms with Crippen molar-refractivity contribution in [2.75, 3.05) is 25.5 Å². The Bertz CT molecular complexity index is 1020. The average molecular weight is 470 g/mol. The summed E-state index contributed by atoms with van der Waals surface area (Å²) in [5, 5.41) is 6.05. The summed E-state index contributed by atoms with van der Waals surface area (Å²) in [6.45, 7) is 3.12. The number of hydrogen-bond acceptors (Lipinski definition) is 4. The topological polar surface area (TPSA) is 61.4 Å². The molecule has 1 amide bonds. The van der Waals surface area contributed by atoms with Gasteiger partial charge in [0.2, 0.25) is 5.91 Å². The maximum absolute atomic E-state index is 13.9. The fourth-order valence-corrected chi connectivity index (χ4v) is 4.65. The van der Waals surface area contributed by atoms with Gasteiger partial charge >= 0.3 is 0 Å². The first-order valence-electron chi connectivity index (χ1n) is 12.0. The SMILES string of the molecule is CN1CCC(C(=O)CC2(C(=O)NCc3ccc(Nc4ccccc4C(C)(F)F)cc3)CC2)CC1. The van der Waals surface area contributed by atoms with Crippen molar-refractivity contribution in [1.82, 2.24) is 10.2 Å². The maximum Gasteiger partial charge on any atom is 0.272 e. The molecule has 1 saturated carbocycles. The number of halogens is 2. The zero-order valence-corrected chi connectivity index (χ0v) is 19.9. The first-order valence-corrected chi connectivity index (χ1v) is 12.0. The summed E-state index contributed by atoms with van der Waals surface area (Å²) >= 11 is 0. The number of ketones is 1. The summed E-state index contributed by atoms with van der Waals surface area (Å²) < 4.78 is 27.7. The van der Waals surface area contributed by atoms with E-state index in [1.807, 2.05) is 24.3 Å². The number of nitrogens with zero attached hydrogens (tertiary/aromatic N) is 1. The number of Topliss-reactive ketones (excluding diaryl/α,β-unsaturated/α-hetero) is 1. The summed E-state index contributed by atoms with van der Waals surface area (Å²) in [5.74, 6) is -2.68. The van der Waals surface area contributed by atoms with E-state index in [1.165, 1.54) is 6.07 Å². The van der Waals surface area contributed by atoms with E-state index in [2.05, 4.69) is 22.6 Å². The minimum absolute atomic E-state index is 0.0462. The molecule has 0 aromatic heterocycles. The Balaban J connectivity index is 1.30. The highest BCUT2D eigenvalue weighted by Crippen LogP contribution is 2.50. The number of nitrogens with one attached hydrogen (secondary N) is 2. The quantitative estimate of drug-likeness (QED) is 0.527. The summed E-state index contributed by atoms with van der Waals surface area (Å²) in [7, 11) is 2.07. The molecule has 5 nitrogen and oxygen atoms in total. The minimum atomic E-state index is -2.94. The first kappa shape index (κ1) is 24.3. The van der Waals surface area contributed by atoms with Crippen LogP contribution in [0, 0.1) is 11.3 Å². The second-order valence-corrected chi connectivity index (χ2v) is 9.94. The Morgan fingerprint density at radius 2 is 1.71 bits per heavy atom. The molecule has 2 aliphatic rings. The van der Waals surface area contributed by atoms with Gasteiger partial charge in [0, 0.05) is 42.7 Å². The molecule has 0 bridgehead atoms. The number of para-hydroxylation sites is 1. The van der Waals surface area contributed by atoms with Crippen molar-refractivity contribution in [2.24, 2.45) is 11.3 Å². The monoisotopic (exact) mass is 469 g/mol. The van der Waals surface area contributed by atoms with Gasteiger partial charge in [-0.2, -0.15) is 0 Å². The van der Waals surface area contributed by atoms with Crippen LogP contribution >= 0.6 is 0 Å². The molecule has 0 radical (unpaired) electrons. The lowest BCUT2D eigenvalue weighted by atomic mass is 9.86. The summed E-state index contributed by atoms with van der Waals surface area (Å²) in [4.78, 5) is 27.9. The van der Waals surface area contributed by atoms with Crippen LogP contribution in [-0.4, -0.2) is 36.7 Å². The van der Waals surface area contributed by atoms with E-state index >= 15 is 0 Å². The zero-order valence-electron chi connectivity index (χ0n) is 19.9. The number of rotatable bonds is 9. The van der Waals surface area contributed by atoms with Crippen LogP contribution in [0.5, 0.6) is 0 Å². The van der Waals surface area contributed by atoms with E-state index < -0.39 is 11.3 Å². The molecule has 0 atom stereocenters. The summed E-state index contributed by atoms with van der Waals surface area (Å²) in [5.41, 5.74) is 1.37. The van der Waals surface area contributed by atoms with Crippen LogP contribution in [0.25, 0.3) is 0 Å². The number of likely N-dealkylation sites (tertiary alicyclic amines) is 1. The van der Waals surface area contributed by atoms with E-state index in [0.717, 1.165) is 51.3 Å². The number of amides is 1. The second-order valence-electron chi connectivity index (χ2n) is 9.94. The molecule has 2 fully saturated rings. The lowest BCUT2D eigenvalue weighted by Crippen LogP contribution is -2.37. The molecule has 7 heteroatoms. The molecule has 2 N–H and O–H groups in total. The molecule has 1 heterocycles. The van der Waals surface area contributed by atoms with Crippen LogP contribution in [0.1, 0.15) is 50.2 Å². The third-order valence-electron chi connectivity index (χ3n) is 7.11. The number of anilines is 2. The first-order chi connectivity index (χ1) is 16.2. The van der Waals surface area contributed by atoms with E-state index in [9.17, 15) is 18.4 Å². The number of hydrogen-bond donors (Lipinski definition) is 2. The minimum Gasteiger partial charge on any atom is -0.355 e. The fourth-order valence-electron chi connectivity index (χ4n) is 4.65. The van der Waals surface area contributed by atoms with E-state index in [4.69, 9.17) is 0 Å². The molecule has 2 aromatic rings. The molecule has 2 aromatic carbocycles. The number of carbonyl (C=O) groups is 2. The van der Waals surface area contributed by atoms with Gasteiger partial charge in [-0.15, -0.1) is 0 Å². The maximum atomic E-state index is 13.9. The lowest BCUT2D eigenvalue weighted by Gasteiger charge is -2.28. The van der Waals surface area contributed by atoms with Crippen LogP contribution in [0.4, 0.5) is 20.2 Å². The van der Waals surface area contributed by atoms with Crippen LogP contribution in [-0.2, 0) is 22.1 Å². The largest absolute Gasteiger partial charge is 0.355 e. The van der Waals surface area contributed by atoms with Crippen molar-refractivity contribution in [3.8, 4) is 0 Å². The molecule has 4 rings (SSSR count). The van der Waals surface area contributed by atoms with E-state index in [-0.39, 0.29) is 23.2 Å². The van der Waals surface area contributed by atoms with Gasteiger partial charge in [0.05, 0.1) is 5.41 Å². The third kappa shape index (κ3) is 5.81.